The highest BCUT2D eigenvalue weighted by Gasteiger charge is 2.06. The third-order valence-electron chi connectivity index (χ3n) is 2.40. The molecule has 0 saturated carbocycles. The van der Waals surface area contributed by atoms with Crippen molar-refractivity contribution < 1.29 is 0 Å². The van der Waals surface area contributed by atoms with Crippen LogP contribution in [-0.2, 0) is 6.54 Å². The quantitative estimate of drug-likeness (QED) is 0.799. The zero-order valence-electron chi connectivity index (χ0n) is 8.94. The number of nitrogens with zero attached hydrogens (tertiary/aromatic N) is 3. The van der Waals surface area contributed by atoms with Gasteiger partial charge >= 0.3 is 0 Å². The minimum atomic E-state index is 0.486. The van der Waals surface area contributed by atoms with E-state index in [0.717, 1.165) is 22.8 Å². The molecule has 0 aliphatic rings. The molecule has 0 saturated heterocycles. The summed E-state index contributed by atoms with van der Waals surface area (Å²) in [5.74, 6) is 0.954. The topological polar surface area (TPSA) is 56.7 Å². The summed E-state index contributed by atoms with van der Waals surface area (Å²) >= 11 is 0. The van der Waals surface area contributed by atoms with Crippen molar-refractivity contribution in [1.82, 2.24) is 14.5 Å². The highest BCUT2D eigenvalue weighted by atomic mass is 15.1. The van der Waals surface area contributed by atoms with Crippen molar-refractivity contribution in [2.24, 2.45) is 5.73 Å². The lowest BCUT2D eigenvalue weighted by Gasteiger charge is -2.10. The molecule has 0 aliphatic heterocycles. The molecule has 0 atom stereocenters. The van der Waals surface area contributed by atoms with Crippen molar-refractivity contribution in [3.8, 4) is 5.69 Å². The van der Waals surface area contributed by atoms with Crippen LogP contribution in [0.5, 0.6) is 0 Å². The van der Waals surface area contributed by atoms with Crippen molar-refractivity contribution in [1.29, 1.82) is 0 Å². The van der Waals surface area contributed by atoms with Crippen molar-refractivity contribution >= 4 is 0 Å². The van der Waals surface area contributed by atoms with Crippen molar-refractivity contribution in [2.45, 2.75) is 20.4 Å². The zero-order valence-corrected chi connectivity index (χ0v) is 8.94. The Hall–Kier alpha value is -1.68. The average Bonchev–Trinajstić information content (AvgIpc) is 2.64. The molecule has 15 heavy (non-hydrogen) atoms. The van der Waals surface area contributed by atoms with Gasteiger partial charge in [0.2, 0.25) is 0 Å². The van der Waals surface area contributed by atoms with Gasteiger partial charge < -0.3 is 10.3 Å². The zero-order chi connectivity index (χ0) is 10.8. The highest BCUT2D eigenvalue weighted by molar-refractivity contribution is 5.41. The van der Waals surface area contributed by atoms with E-state index in [-0.39, 0.29) is 0 Å². The van der Waals surface area contributed by atoms with E-state index in [4.69, 9.17) is 5.73 Å². The van der Waals surface area contributed by atoms with E-state index in [1.165, 1.54) is 0 Å². The summed E-state index contributed by atoms with van der Waals surface area (Å²) in [4.78, 5) is 8.44. The van der Waals surface area contributed by atoms with Crippen LogP contribution in [0.15, 0.2) is 24.7 Å². The smallest absolute Gasteiger partial charge is 0.110 e. The van der Waals surface area contributed by atoms with Crippen molar-refractivity contribution in [3.63, 3.8) is 0 Å². The van der Waals surface area contributed by atoms with Crippen LogP contribution in [0.4, 0.5) is 0 Å². The second kappa shape index (κ2) is 3.82. The number of nitrogens with two attached hydrogens (primary N) is 1. The van der Waals surface area contributed by atoms with E-state index in [9.17, 15) is 0 Å². The molecule has 0 bridgehead atoms. The van der Waals surface area contributed by atoms with Gasteiger partial charge in [0.15, 0.2) is 0 Å². The molecule has 0 aliphatic carbocycles. The van der Waals surface area contributed by atoms with Crippen LogP contribution in [0.3, 0.4) is 0 Å². The van der Waals surface area contributed by atoms with Crippen LogP contribution in [0.25, 0.3) is 5.69 Å². The van der Waals surface area contributed by atoms with Crippen LogP contribution in [0.2, 0.25) is 0 Å². The van der Waals surface area contributed by atoms with E-state index >= 15 is 0 Å². The van der Waals surface area contributed by atoms with Crippen molar-refractivity contribution in [3.05, 3.63) is 41.7 Å². The molecule has 0 radical (unpaired) electrons. The third kappa shape index (κ3) is 1.76. The van der Waals surface area contributed by atoms with Gasteiger partial charge in [-0.15, -0.1) is 0 Å². The number of hydrogen-bond donors (Lipinski definition) is 1. The van der Waals surface area contributed by atoms with Gasteiger partial charge in [0.25, 0.3) is 0 Å². The van der Waals surface area contributed by atoms with E-state index in [0.29, 0.717) is 6.54 Å². The second-order valence-electron chi connectivity index (χ2n) is 3.50. The summed E-state index contributed by atoms with van der Waals surface area (Å²) < 4.78 is 2.02. The molecule has 2 N–H and O–H groups in total. The summed E-state index contributed by atoms with van der Waals surface area (Å²) in [6, 6.07) is 2.02. The lowest BCUT2D eigenvalue weighted by Crippen LogP contribution is -2.06. The first-order chi connectivity index (χ1) is 7.22. The Balaban J connectivity index is 2.60. The molecule has 4 nitrogen and oxygen atoms in total. The van der Waals surface area contributed by atoms with E-state index in [1.807, 2.05) is 36.9 Å². The summed E-state index contributed by atoms with van der Waals surface area (Å²) in [7, 11) is 0. The Morgan fingerprint density at radius 2 is 2.13 bits per heavy atom. The molecule has 4 heteroatoms. The normalized spacial score (nSPS) is 10.6. The Labute approximate surface area is 88.8 Å². The molecule has 0 unspecified atom stereocenters. The molecule has 0 spiro atoms. The Bertz CT molecular complexity index is 473. The maximum Gasteiger partial charge on any atom is 0.110 e. The van der Waals surface area contributed by atoms with E-state index in [2.05, 4.69) is 9.97 Å². The first-order valence-corrected chi connectivity index (χ1v) is 4.88. The monoisotopic (exact) mass is 202 g/mol. The Morgan fingerprint density at radius 3 is 2.73 bits per heavy atom. The minimum absolute atomic E-state index is 0.486. The first-order valence-electron chi connectivity index (χ1n) is 4.88. The molecule has 0 fully saturated rings. The summed E-state index contributed by atoms with van der Waals surface area (Å²) in [5, 5.41) is 0. The van der Waals surface area contributed by atoms with Gasteiger partial charge in [-0.3, -0.25) is 4.98 Å². The lowest BCUT2D eigenvalue weighted by atomic mass is 10.2. The fourth-order valence-corrected chi connectivity index (χ4v) is 1.59. The highest BCUT2D eigenvalue weighted by Crippen LogP contribution is 2.15. The Kier molecular flexibility index (Phi) is 2.51. The number of rotatable bonds is 2. The molecule has 0 aromatic carbocycles. The fraction of sp³-hybridized carbons (Fsp3) is 0.273. The number of aromatic nitrogens is 3. The van der Waals surface area contributed by atoms with Crippen molar-refractivity contribution in [2.75, 3.05) is 0 Å². The van der Waals surface area contributed by atoms with Gasteiger partial charge in [0, 0.05) is 36.4 Å². The number of aryl methyl sites for hydroxylation is 2. The minimum Gasteiger partial charge on any atom is -0.326 e. The molecule has 2 heterocycles. The molecule has 2 aromatic heterocycles. The number of imidazole rings is 1. The maximum atomic E-state index is 5.68. The van der Waals surface area contributed by atoms with E-state index < -0.39 is 0 Å². The van der Waals surface area contributed by atoms with Gasteiger partial charge in [0.1, 0.15) is 5.82 Å². The SMILES string of the molecule is Cc1cc(-n2ccnc2C)c(CN)cn1. The second-order valence-corrected chi connectivity index (χ2v) is 3.50. The Morgan fingerprint density at radius 1 is 1.33 bits per heavy atom. The average molecular weight is 202 g/mol. The number of hydrogen-bond acceptors (Lipinski definition) is 3. The third-order valence-corrected chi connectivity index (χ3v) is 2.40. The van der Waals surface area contributed by atoms with Gasteiger partial charge in [-0.25, -0.2) is 4.98 Å². The molecule has 2 aromatic rings. The molecule has 78 valence electrons. The van der Waals surface area contributed by atoms with Gasteiger partial charge in [-0.1, -0.05) is 0 Å². The molecule has 2 rings (SSSR count). The largest absolute Gasteiger partial charge is 0.326 e. The van der Waals surface area contributed by atoms with Crippen LogP contribution in [0, 0.1) is 13.8 Å². The van der Waals surface area contributed by atoms with Crippen LogP contribution >= 0.6 is 0 Å². The summed E-state index contributed by atoms with van der Waals surface area (Å²) in [5.41, 5.74) is 8.76. The maximum absolute atomic E-state index is 5.68. The van der Waals surface area contributed by atoms with Crippen LogP contribution < -0.4 is 5.73 Å². The van der Waals surface area contributed by atoms with Gasteiger partial charge in [0.05, 0.1) is 5.69 Å². The predicted octanol–water partition coefficient (Wildman–Crippen LogP) is 1.34. The molecular formula is C11H14N4. The first kappa shape index (κ1) is 9.86. The number of pyridine rings is 1. The molecular weight excluding hydrogens is 188 g/mol. The summed E-state index contributed by atoms with van der Waals surface area (Å²) in [6.45, 7) is 4.42. The predicted molar refractivity (Wildman–Crippen MR) is 58.7 cm³/mol. The van der Waals surface area contributed by atoms with E-state index in [1.54, 1.807) is 6.20 Å². The standard InChI is InChI=1S/C11H14N4/c1-8-5-11(10(6-12)7-14-8)15-4-3-13-9(15)2/h3-5,7H,6,12H2,1-2H3. The molecule has 0 amide bonds. The van der Waals surface area contributed by atoms with Gasteiger partial charge in [-0.05, 0) is 19.9 Å². The lowest BCUT2D eigenvalue weighted by molar-refractivity contribution is 0.920. The van der Waals surface area contributed by atoms with Crippen LogP contribution in [-0.4, -0.2) is 14.5 Å². The fourth-order valence-electron chi connectivity index (χ4n) is 1.59. The van der Waals surface area contributed by atoms with Crippen LogP contribution in [0.1, 0.15) is 17.1 Å². The van der Waals surface area contributed by atoms with Gasteiger partial charge in [-0.2, -0.15) is 0 Å². The summed E-state index contributed by atoms with van der Waals surface area (Å²) in [6.07, 6.45) is 5.54.